The molecule has 1 aromatic carbocycles. The fourth-order valence-electron chi connectivity index (χ4n) is 8.34. The summed E-state index contributed by atoms with van der Waals surface area (Å²) in [6.45, 7) is 6.94. The quantitative estimate of drug-likeness (QED) is 0.597. The van der Waals surface area contributed by atoms with E-state index in [1.807, 2.05) is 18.2 Å². The maximum absolute atomic E-state index is 13.1. The molecule has 0 spiro atoms. The molecule has 0 unspecified atom stereocenters. The van der Waals surface area contributed by atoms with Crippen molar-refractivity contribution in [2.75, 3.05) is 11.9 Å². The summed E-state index contributed by atoms with van der Waals surface area (Å²) in [6.07, 6.45) is 10.6. The zero-order valence-corrected chi connectivity index (χ0v) is 19.7. The first-order valence-corrected chi connectivity index (χ1v) is 12.4. The lowest BCUT2D eigenvalue weighted by atomic mass is 9.44. The van der Waals surface area contributed by atoms with Gasteiger partial charge in [-0.05, 0) is 98.5 Å². The van der Waals surface area contributed by atoms with Gasteiger partial charge >= 0.3 is 0 Å². The second kappa shape index (κ2) is 7.20. The molecule has 7 atom stereocenters. The van der Waals surface area contributed by atoms with Gasteiger partial charge < -0.3 is 10.0 Å². The lowest BCUT2D eigenvalue weighted by Crippen LogP contribution is -2.56. The largest absolute Gasteiger partial charge is 0.390 e. The Morgan fingerprint density at radius 3 is 2.45 bits per heavy atom. The summed E-state index contributed by atoms with van der Waals surface area (Å²) in [4.78, 5) is 15.2. The summed E-state index contributed by atoms with van der Waals surface area (Å²) in [5.41, 5.74) is 1.88. The Morgan fingerprint density at radius 2 is 1.71 bits per heavy atom. The molecule has 3 heteroatoms. The van der Waals surface area contributed by atoms with Crippen LogP contribution in [0.1, 0.15) is 72.1 Å². The number of fused-ring (bicyclic) bond motifs is 5. The number of allylic oxidation sites excluding steroid dienone is 1. The van der Waals surface area contributed by atoms with E-state index in [2.05, 4.69) is 51.1 Å². The van der Waals surface area contributed by atoms with Crippen LogP contribution < -0.4 is 4.90 Å². The van der Waals surface area contributed by atoms with Crippen molar-refractivity contribution >= 4 is 11.5 Å². The SMILES string of the molecule is CN(/C=C1\C[C@@]2(C)[C@@H](CC[C@@H]3[C@@H]2CC[C@@]2(C)[C@H]3CC[C@]2(C)O)CC1=O)c1ccccc1. The fraction of sp³-hybridized carbons (Fsp3) is 0.679. The maximum atomic E-state index is 13.1. The van der Waals surface area contributed by atoms with Crippen LogP contribution in [-0.4, -0.2) is 23.5 Å². The molecule has 0 heterocycles. The summed E-state index contributed by atoms with van der Waals surface area (Å²) in [7, 11) is 2.06. The molecule has 3 nitrogen and oxygen atoms in total. The minimum atomic E-state index is -0.521. The van der Waals surface area contributed by atoms with E-state index in [1.165, 1.54) is 25.7 Å². The van der Waals surface area contributed by atoms with Crippen LogP contribution in [0, 0.1) is 34.5 Å². The van der Waals surface area contributed by atoms with Gasteiger partial charge in [0, 0.05) is 30.9 Å². The van der Waals surface area contributed by atoms with Gasteiger partial charge in [-0.2, -0.15) is 0 Å². The minimum absolute atomic E-state index is 0.0635. The van der Waals surface area contributed by atoms with Crippen molar-refractivity contribution in [3.05, 3.63) is 42.1 Å². The van der Waals surface area contributed by atoms with Crippen molar-refractivity contribution in [3.8, 4) is 0 Å². The predicted octanol–water partition coefficient (Wildman–Crippen LogP) is 5.98. The summed E-state index contributed by atoms with van der Waals surface area (Å²) in [5, 5.41) is 11.2. The van der Waals surface area contributed by atoms with Crippen molar-refractivity contribution in [2.45, 2.75) is 77.7 Å². The summed E-state index contributed by atoms with van der Waals surface area (Å²) in [6, 6.07) is 10.3. The lowest BCUT2D eigenvalue weighted by molar-refractivity contribution is -0.147. The first-order valence-electron chi connectivity index (χ1n) is 12.4. The second-order valence-corrected chi connectivity index (χ2v) is 11.8. The van der Waals surface area contributed by atoms with Gasteiger partial charge in [-0.25, -0.2) is 0 Å². The molecule has 31 heavy (non-hydrogen) atoms. The standard InChI is InChI=1S/C28H39NO2/c1-26-17-19(18-29(4)21-8-6-5-7-9-21)25(30)16-20(26)10-11-22-23(26)12-14-27(2)24(22)13-15-28(27,3)31/h5-9,18,20,22-24,31H,10-17H2,1-4H3/b19-18+/t20-,22+,23-,24-,26-,27-,28-/m0/s1. The molecule has 0 bridgehead atoms. The molecule has 4 fully saturated rings. The van der Waals surface area contributed by atoms with Crippen molar-refractivity contribution < 1.29 is 9.90 Å². The van der Waals surface area contributed by atoms with E-state index in [1.54, 1.807) is 0 Å². The number of carbonyl (C=O) groups is 1. The summed E-state index contributed by atoms with van der Waals surface area (Å²) < 4.78 is 0. The zero-order chi connectivity index (χ0) is 22.0. The molecule has 0 aliphatic heterocycles. The number of anilines is 1. The fourth-order valence-corrected chi connectivity index (χ4v) is 8.34. The number of benzene rings is 1. The van der Waals surface area contributed by atoms with E-state index in [4.69, 9.17) is 0 Å². The molecular formula is C28H39NO2. The lowest BCUT2D eigenvalue weighted by Gasteiger charge is -2.61. The van der Waals surface area contributed by atoms with Gasteiger partial charge in [0.25, 0.3) is 0 Å². The molecule has 4 saturated carbocycles. The van der Waals surface area contributed by atoms with Crippen LogP contribution in [0.2, 0.25) is 0 Å². The highest BCUT2D eigenvalue weighted by Crippen LogP contribution is 2.68. The van der Waals surface area contributed by atoms with Crippen LogP contribution in [0.25, 0.3) is 0 Å². The molecule has 1 N–H and O–H groups in total. The number of hydrogen-bond acceptors (Lipinski definition) is 3. The van der Waals surface area contributed by atoms with Crippen LogP contribution >= 0.6 is 0 Å². The van der Waals surface area contributed by atoms with Crippen molar-refractivity contribution in [1.82, 2.24) is 0 Å². The van der Waals surface area contributed by atoms with Crippen molar-refractivity contribution in [1.29, 1.82) is 0 Å². The monoisotopic (exact) mass is 421 g/mol. The minimum Gasteiger partial charge on any atom is -0.390 e. The average molecular weight is 422 g/mol. The van der Waals surface area contributed by atoms with Gasteiger partial charge in [0.05, 0.1) is 5.60 Å². The number of carbonyl (C=O) groups excluding carboxylic acids is 1. The van der Waals surface area contributed by atoms with Crippen LogP contribution in [0.5, 0.6) is 0 Å². The second-order valence-electron chi connectivity index (χ2n) is 11.8. The van der Waals surface area contributed by atoms with E-state index in [9.17, 15) is 9.90 Å². The normalized spacial score (nSPS) is 45.7. The van der Waals surface area contributed by atoms with Crippen LogP contribution in [0.15, 0.2) is 42.1 Å². The van der Waals surface area contributed by atoms with Crippen molar-refractivity contribution in [3.63, 3.8) is 0 Å². The molecule has 4 aliphatic rings. The highest BCUT2D eigenvalue weighted by atomic mass is 16.3. The third-order valence-corrected chi connectivity index (χ3v) is 10.5. The number of ketones is 1. The average Bonchev–Trinajstić information content (AvgIpc) is 2.99. The zero-order valence-electron chi connectivity index (χ0n) is 19.7. The van der Waals surface area contributed by atoms with E-state index in [0.717, 1.165) is 30.5 Å². The summed E-state index contributed by atoms with van der Waals surface area (Å²) >= 11 is 0. The van der Waals surface area contributed by atoms with E-state index in [-0.39, 0.29) is 10.8 Å². The molecule has 1 aromatic rings. The smallest absolute Gasteiger partial charge is 0.160 e. The number of hydrogen-bond donors (Lipinski definition) is 1. The van der Waals surface area contributed by atoms with Crippen LogP contribution in [0.3, 0.4) is 0 Å². The molecule has 4 aliphatic carbocycles. The Hall–Kier alpha value is -1.61. The number of aliphatic hydroxyl groups is 1. The van der Waals surface area contributed by atoms with Crippen LogP contribution in [0.4, 0.5) is 5.69 Å². The molecule has 0 saturated heterocycles. The Bertz CT molecular complexity index is 890. The van der Waals surface area contributed by atoms with Gasteiger partial charge in [-0.1, -0.05) is 32.0 Å². The summed E-state index contributed by atoms with van der Waals surface area (Å²) in [5.74, 6) is 2.89. The van der Waals surface area contributed by atoms with Crippen LogP contribution in [-0.2, 0) is 4.79 Å². The van der Waals surface area contributed by atoms with Crippen molar-refractivity contribution in [2.24, 2.45) is 34.5 Å². The molecule has 0 amide bonds. The first-order chi connectivity index (χ1) is 14.7. The molecular weight excluding hydrogens is 382 g/mol. The molecule has 0 radical (unpaired) electrons. The highest BCUT2D eigenvalue weighted by Gasteiger charge is 2.63. The first kappa shape index (κ1) is 21.2. The third-order valence-electron chi connectivity index (χ3n) is 10.5. The van der Waals surface area contributed by atoms with Gasteiger partial charge in [0.2, 0.25) is 0 Å². The number of rotatable bonds is 2. The predicted molar refractivity (Wildman–Crippen MR) is 126 cm³/mol. The molecule has 5 rings (SSSR count). The topological polar surface area (TPSA) is 40.5 Å². The number of Topliss-reactive ketones (excluding diaryl/α,β-unsaturated/α-hetero) is 1. The van der Waals surface area contributed by atoms with Gasteiger partial charge in [-0.15, -0.1) is 0 Å². The molecule has 168 valence electrons. The maximum Gasteiger partial charge on any atom is 0.160 e. The Labute approximate surface area is 187 Å². The highest BCUT2D eigenvalue weighted by molar-refractivity contribution is 5.97. The van der Waals surface area contributed by atoms with E-state index >= 15 is 0 Å². The van der Waals surface area contributed by atoms with Gasteiger partial charge in [-0.3, -0.25) is 4.79 Å². The Morgan fingerprint density at radius 1 is 1.00 bits per heavy atom. The van der Waals surface area contributed by atoms with E-state index < -0.39 is 5.60 Å². The van der Waals surface area contributed by atoms with Gasteiger partial charge in [0.15, 0.2) is 5.78 Å². The third kappa shape index (κ3) is 3.14. The Kier molecular flexibility index (Phi) is 4.93. The number of para-hydroxylation sites is 1. The number of nitrogens with zero attached hydrogens (tertiary/aromatic N) is 1. The van der Waals surface area contributed by atoms with Gasteiger partial charge in [0.1, 0.15) is 0 Å². The van der Waals surface area contributed by atoms with E-state index in [0.29, 0.717) is 35.9 Å². The molecule has 0 aromatic heterocycles. The Balaban J connectivity index is 1.43.